The maximum atomic E-state index is 12.8. The third-order valence-corrected chi connectivity index (χ3v) is 5.33. The number of fused-ring (bicyclic) bond motifs is 1. The Kier molecular flexibility index (Phi) is 4.08. The highest BCUT2D eigenvalue weighted by Crippen LogP contribution is 2.23. The van der Waals surface area contributed by atoms with E-state index in [4.69, 9.17) is 0 Å². The zero-order chi connectivity index (χ0) is 18.3. The number of hydrogen-bond donors (Lipinski definition) is 1. The van der Waals surface area contributed by atoms with Crippen LogP contribution in [-0.2, 0) is 13.0 Å². The van der Waals surface area contributed by atoms with Gasteiger partial charge in [-0.1, -0.05) is 0 Å². The van der Waals surface area contributed by atoms with Crippen LogP contribution in [0, 0.1) is 13.8 Å². The van der Waals surface area contributed by atoms with Crippen LogP contribution in [0.15, 0.2) is 23.4 Å². The summed E-state index contributed by atoms with van der Waals surface area (Å²) < 4.78 is 0. The van der Waals surface area contributed by atoms with Crippen molar-refractivity contribution in [1.82, 2.24) is 29.8 Å². The lowest BCUT2D eigenvalue weighted by Gasteiger charge is -2.27. The van der Waals surface area contributed by atoms with E-state index in [9.17, 15) is 9.59 Å². The van der Waals surface area contributed by atoms with E-state index < -0.39 is 0 Å². The van der Waals surface area contributed by atoms with E-state index in [-0.39, 0.29) is 11.5 Å². The summed E-state index contributed by atoms with van der Waals surface area (Å²) in [6.45, 7) is 4.50. The molecule has 0 spiro atoms. The summed E-state index contributed by atoms with van der Waals surface area (Å²) in [5.41, 5.74) is 2.27. The van der Waals surface area contributed by atoms with Crippen molar-refractivity contribution in [2.75, 3.05) is 6.54 Å². The summed E-state index contributed by atoms with van der Waals surface area (Å²) in [5, 5.41) is 0.864. The maximum absolute atomic E-state index is 12.8. The molecular formula is C17H16N6O2S. The van der Waals surface area contributed by atoms with Gasteiger partial charge >= 0.3 is 0 Å². The van der Waals surface area contributed by atoms with Crippen LogP contribution < -0.4 is 5.56 Å². The fourth-order valence-corrected chi connectivity index (χ4v) is 3.92. The molecule has 1 N–H and O–H groups in total. The third-order valence-electron chi connectivity index (χ3n) is 4.26. The minimum Gasteiger partial charge on any atom is -0.332 e. The van der Waals surface area contributed by atoms with Crippen LogP contribution in [0.3, 0.4) is 0 Å². The van der Waals surface area contributed by atoms with Crippen molar-refractivity contribution in [3.8, 4) is 11.5 Å². The molecule has 3 aromatic heterocycles. The normalized spacial score (nSPS) is 13.5. The van der Waals surface area contributed by atoms with Crippen molar-refractivity contribution in [3.63, 3.8) is 0 Å². The third kappa shape index (κ3) is 2.90. The molecule has 1 amide bonds. The number of nitrogens with zero attached hydrogens (tertiary/aromatic N) is 5. The van der Waals surface area contributed by atoms with Crippen molar-refractivity contribution in [2.45, 2.75) is 26.8 Å². The minimum absolute atomic E-state index is 0.0677. The molecule has 132 valence electrons. The van der Waals surface area contributed by atoms with Gasteiger partial charge in [0, 0.05) is 24.5 Å². The first-order valence-electron chi connectivity index (χ1n) is 8.14. The van der Waals surface area contributed by atoms with E-state index in [2.05, 4.69) is 24.9 Å². The van der Waals surface area contributed by atoms with Crippen LogP contribution in [0.4, 0.5) is 0 Å². The quantitative estimate of drug-likeness (QED) is 0.735. The van der Waals surface area contributed by atoms with Crippen LogP contribution in [0.2, 0.25) is 0 Å². The lowest BCUT2D eigenvalue weighted by molar-refractivity contribution is 0.0735. The van der Waals surface area contributed by atoms with Gasteiger partial charge < -0.3 is 9.88 Å². The Balaban J connectivity index is 1.68. The van der Waals surface area contributed by atoms with Gasteiger partial charge in [0.2, 0.25) is 0 Å². The largest absolute Gasteiger partial charge is 0.332 e. The summed E-state index contributed by atoms with van der Waals surface area (Å²) in [5.74, 6) is 0.294. The van der Waals surface area contributed by atoms with E-state index in [1.54, 1.807) is 23.5 Å². The number of thiazole rings is 1. The second-order valence-corrected chi connectivity index (χ2v) is 7.26. The van der Waals surface area contributed by atoms with E-state index in [1.807, 2.05) is 13.8 Å². The SMILES string of the molecule is Cc1nc(C)c(C(=O)N2CCc3c(nc(-c4cnccn4)[nH]c3=O)C2)s1. The molecule has 0 aromatic carbocycles. The van der Waals surface area contributed by atoms with Crippen LogP contribution in [0.5, 0.6) is 0 Å². The van der Waals surface area contributed by atoms with Gasteiger partial charge in [0.05, 0.1) is 29.1 Å². The Bertz CT molecular complexity index is 1040. The lowest BCUT2D eigenvalue weighted by Crippen LogP contribution is -2.39. The predicted molar refractivity (Wildman–Crippen MR) is 95.9 cm³/mol. The maximum Gasteiger partial charge on any atom is 0.266 e. The molecule has 0 radical (unpaired) electrons. The van der Waals surface area contributed by atoms with E-state index >= 15 is 0 Å². The van der Waals surface area contributed by atoms with Crippen molar-refractivity contribution in [1.29, 1.82) is 0 Å². The highest BCUT2D eigenvalue weighted by molar-refractivity contribution is 7.13. The first-order valence-corrected chi connectivity index (χ1v) is 8.96. The van der Waals surface area contributed by atoms with Gasteiger partial charge in [0.15, 0.2) is 5.82 Å². The molecule has 0 bridgehead atoms. The molecule has 0 atom stereocenters. The molecule has 8 nitrogen and oxygen atoms in total. The molecule has 4 rings (SSSR count). The van der Waals surface area contributed by atoms with Gasteiger partial charge in [-0.2, -0.15) is 0 Å². The zero-order valence-electron chi connectivity index (χ0n) is 14.3. The second kappa shape index (κ2) is 6.41. The highest BCUT2D eigenvalue weighted by Gasteiger charge is 2.27. The molecule has 26 heavy (non-hydrogen) atoms. The molecule has 1 aliphatic heterocycles. The number of aromatic nitrogens is 5. The smallest absolute Gasteiger partial charge is 0.266 e. The highest BCUT2D eigenvalue weighted by atomic mass is 32.1. The van der Waals surface area contributed by atoms with Crippen LogP contribution in [-0.4, -0.2) is 42.3 Å². The number of rotatable bonds is 2. The molecule has 0 unspecified atom stereocenters. The Morgan fingerprint density at radius 1 is 1.27 bits per heavy atom. The number of carbonyl (C=O) groups is 1. The molecule has 3 aromatic rings. The summed E-state index contributed by atoms with van der Waals surface area (Å²) in [6, 6.07) is 0. The Morgan fingerprint density at radius 3 is 2.81 bits per heavy atom. The Labute approximate surface area is 153 Å². The average Bonchev–Trinajstić information content (AvgIpc) is 2.99. The minimum atomic E-state index is -0.187. The van der Waals surface area contributed by atoms with E-state index in [1.165, 1.54) is 11.3 Å². The molecule has 0 saturated heterocycles. The van der Waals surface area contributed by atoms with Gasteiger partial charge in [-0.3, -0.25) is 14.6 Å². The summed E-state index contributed by atoms with van der Waals surface area (Å²) in [6.07, 6.45) is 5.11. The number of aryl methyl sites for hydroxylation is 2. The van der Waals surface area contributed by atoms with Gasteiger partial charge in [-0.05, 0) is 20.3 Å². The van der Waals surface area contributed by atoms with E-state index in [0.717, 1.165) is 10.7 Å². The molecule has 4 heterocycles. The number of H-pyrrole nitrogens is 1. The summed E-state index contributed by atoms with van der Waals surface area (Å²) in [7, 11) is 0. The van der Waals surface area contributed by atoms with Crippen LogP contribution in [0.1, 0.15) is 31.6 Å². The van der Waals surface area contributed by atoms with Crippen molar-refractivity contribution < 1.29 is 4.79 Å². The van der Waals surface area contributed by atoms with Gasteiger partial charge in [0.25, 0.3) is 11.5 Å². The molecule has 0 saturated carbocycles. The van der Waals surface area contributed by atoms with Crippen LogP contribution >= 0.6 is 11.3 Å². The van der Waals surface area contributed by atoms with Gasteiger partial charge in [-0.25, -0.2) is 15.0 Å². The number of amides is 1. The first kappa shape index (κ1) is 16.5. The zero-order valence-corrected chi connectivity index (χ0v) is 15.1. The van der Waals surface area contributed by atoms with Crippen LogP contribution in [0.25, 0.3) is 11.5 Å². The lowest BCUT2D eigenvalue weighted by atomic mass is 10.1. The summed E-state index contributed by atoms with van der Waals surface area (Å²) in [4.78, 5) is 47.4. The molecule has 0 fully saturated rings. The molecular weight excluding hydrogens is 352 g/mol. The van der Waals surface area contributed by atoms with E-state index in [0.29, 0.717) is 47.2 Å². The molecule has 1 aliphatic rings. The fourth-order valence-electron chi connectivity index (χ4n) is 3.03. The number of hydrogen-bond acceptors (Lipinski definition) is 7. The monoisotopic (exact) mass is 368 g/mol. The Hall–Kier alpha value is -2.94. The van der Waals surface area contributed by atoms with Crippen molar-refractivity contribution in [3.05, 3.63) is 55.8 Å². The fraction of sp³-hybridized carbons (Fsp3) is 0.294. The molecule has 0 aliphatic carbocycles. The molecule has 9 heteroatoms. The summed E-state index contributed by atoms with van der Waals surface area (Å²) >= 11 is 1.39. The number of aromatic amines is 1. The standard InChI is InChI=1S/C17H16N6O2S/c1-9-14(26-10(2)20-9)17(25)23-6-3-11-13(8-23)21-15(22-16(11)24)12-7-18-4-5-19-12/h4-5,7H,3,6,8H2,1-2H3,(H,21,22,24). The topological polar surface area (TPSA) is 105 Å². The average molecular weight is 368 g/mol. The predicted octanol–water partition coefficient (Wildman–Crippen LogP) is 1.50. The number of nitrogens with one attached hydrogen (secondary N) is 1. The van der Waals surface area contributed by atoms with Crippen molar-refractivity contribution >= 4 is 17.2 Å². The number of carbonyl (C=O) groups excluding carboxylic acids is 1. The van der Waals surface area contributed by atoms with Crippen molar-refractivity contribution in [2.24, 2.45) is 0 Å². The van der Waals surface area contributed by atoms with Gasteiger partial charge in [-0.15, -0.1) is 11.3 Å². The van der Waals surface area contributed by atoms with Gasteiger partial charge in [0.1, 0.15) is 10.6 Å². The first-order chi connectivity index (χ1) is 12.5. The Morgan fingerprint density at radius 2 is 2.12 bits per heavy atom. The second-order valence-electron chi connectivity index (χ2n) is 6.05.